The van der Waals surface area contributed by atoms with Crippen LogP contribution in [0.2, 0.25) is 0 Å². The zero-order chi connectivity index (χ0) is 20.2. The van der Waals surface area contributed by atoms with Gasteiger partial charge >= 0.3 is 0 Å². The zero-order valence-electron chi connectivity index (χ0n) is 15.2. The van der Waals surface area contributed by atoms with E-state index in [9.17, 15) is 14.0 Å². The summed E-state index contributed by atoms with van der Waals surface area (Å²) in [6.07, 6.45) is 2.60. The van der Waals surface area contributed by atoms with Crippen LogP contribution in [0.1, 0.15) is 22.5 Å². The second-order valence-electron chi connectivity index (χ2n) is 6.26. The predicted octanol–water partition coefficient (Wildman–Crippen LogP) is 4.41. The Labute approximate surface area is 174 Å². The number of nitrogens with zero attached hydrogens (tertiary/aromatic N) is 2. The van der Waals surface area contributed by atoms with Crippen molar-refractivity contribution in [3.63, 3.8) is 0 Å². The van der Waals surface area contributed by atoms with Crippen molar-refractivity contribution >= 4 is 45.3 Å². The average molecular weight is 429 g/mol. The minimum absolute atomic E-state index is 0.130. The van der Waals surface area contributed by atoms with Gasteiger partial charge in [0.2, 0.25) is 5.91 Å². The van der Waals surface area contributed by atoms with Crippen molar-refractivity contribution in [1.29, 1.82) is 0 Å². The predicted molar refractivity (Wildman–Crippen MR) is 113 cm³/mol. The smallest absolute Gasteiger partial charge is 0.261 e. The SMILES string of the molecule is O=C(CCCNC(=O)c1cccs1)Nc1c(-c2ccc(F)cc2)nc2sccn12. The topological polar surface area (TPSA) is 75.5 Å². The molecule has 0 saturated heterocycles. The molecular weight excluding hydrogens is 411 g/mol. The zero-order valence-corrected chi connectivity index (χ0v) is 16.9. The number of carbonyl (C=O) groups excluding carboxylic acids is 2. The summed E-state index contributed by atoms with van der Waals surface area (Å²) in [4.78, 5) is 30.3. The number of benzene rings is 1. The fraction of sp³-hybridized carbons (Fsp3) is 0.150. The Morgan fingerprint density at radius 1 is 1.10 bits per heavy atom. The molecule has 148 valence electrons. The lowest BCUT2D eigenvalue weighted by atomic mass is 10.1. The van der Waals surface area contributed by atoms with Gasteiger partial charge in [-0.05, 0) is 42.1 Å². The normalized spacial score (nSPS) is 10.9. The fourth-order valence-corrected chi connectivity index (χ4v) is 4.21. The van der Waals surface area contributed by atoms with Crippen LogP contribution in [0.3, 0.4) is 0 Å². The van der Waals surface area contributed by atoms with Gasteiger partial charge < -0.3 is 10.6 Å². The minimum Gasteiger partial charge on any atom is -0.351 e. The molecule has 0 saturated carbocycles. The van der Waals surface area contributed by atoms with Gasteiger partial charge in [0.05, 0.1) is 4.88 Å². The summed E-state index contributed by atoms with van der Waals surface area (Å²) in [5.74, 6) is -0.0769. The highest BCUT2D eigenvalue weighted by Crippen LogP contribution is 2.31. The van der Waals surface area contributed by atoms with Gasteiger partial charge in [-0.3, -0.25) is 14.0 Å². The Balaban J connectivity index is 1.40. The van der Waals surface area contributed by atoms with Crippen LogP contribution in [0, 0.1) is 5.82 Å². The lowest BCUT2D eigenvalue weighted by molar-refractivity contribution is -0.116. The van der Waals surface area contributed by atoms with Crippen molar-refractivity contribution < 1.29 is 14.0 Å². The number of anilines is 1. The van der Waals surface area contributed by atoms with E-state index in [2.05, 4.69) is 15.6 Å². The van der Waals surface area contributed by atoms with Crippen molar-refractivity contribution in [1.82, 2.24) is 14.7 Å². The molecule has 0 unspecified atom stereocenters. The Morgan fingerprint density at radius 2 is 1.93 bits per heavy atom. The summed E-state index contributed by atoms with van der Waals surface area (Å²) < 4.78 is 15.1. The van der Waals surface area contributed by atoms with E-state index in [0.717, 1.165) is 10.5 Å². The summed E-state index contributed by atoms with van der Waals surface area (Å²) in [5, 5.41) is 9.45. The maximum Gasteiger partial charge on any atom is 0.261 e. The van der Waals surface area contributed by atoms with Crippen LogP contribution in [0.4, 0.5) is 10.2 Å². The minimum atomic E-state index is -0.329. The lowest BCUT2D eigenvalue weighted by Gasteiger charge is -2.08. The van der Waals surface area contributed by atoms with Gasteiger partial charge in [0, 0.05) is 30.1 Å². The first-order valence-corrected chi connectivity index (χ1v) is 10.7. The molecule has 2 amide bonds. The quantitative estimate of drug-likeness (QED) is 0.428. The number of aromatic nitrogens is 2. The molecule has 0 spiro atoms. The molecule has 0 aliphatic heterocycles. The fourth-order valence-electron chi connectivity index (χ4n) is 2.85. The Hall–Kier alpha value is -3.04. The number of carbonyl (C=O) groups is 2. The Morgan fingerprint density at radius 3 is 2.69 bits per heavy atom. The first-order chi connectivity index (χ1) is 14.1. The second-order valence-corrected chi connectivity index (χ2v) is 8.08. The molecule has 9 heteroatoms. The van der Waals surface area contributed by atoms with Gasteiger partial charge in [-0.25, -0.2) is 9.37 Å². The van der Waals surface area contributed by atoms with Crippen LogP contribution in [-0.4, -0.2) is 27.7 Å². The van der Waals surface area contributed by atoms with Crippen molar-refractivity contribution in [2.45, 2.75) is 12.8 Å². The van der Waals surface area contributed by atoms with Crippen molar-refractivity contribution in [3.05, 3.63) is 64.0 Å². The van der Waals surface area contributed by atoms with Crippen LogP contribution in [0.5, 0.6) is 0 Å². The van der Waals surface area contributed by atoms with Crippen LogP contribution in [0.25, 0.3) is 16.2 Å². The van der Waals surface area contributed by atoms with Gasteiger partial charge in [0.15, 0.2) is 4.96 Å². The van der Waals surface area contributed by atoms with E-state index < -0.39 is 0 Å². The maximum absolute atomic E-state index is 13.3. The molecule has 0 fully saturated rings. The monoisotopic (exact) mass is 428 g/mol. The maximum atomic E-state index is 13.3. The van der Waals surface area contributed by atoms with E-state index in [1.165, 1.54) is 34.8 Å². The summed E-state index contributed by atoms with van der Waals surface area (Å²) in [6.45, 7) is 0.412. The molecule has 0 aliphatic carbocycles. The van der Waals surface area contributed by atoms with Crippen LogP contribution >= 0.6 is 22.7 Å². The molecule has 4 rings (SSSR count). The molecule has 0 atom stereocenters. The average Bonchev–Trinajstić information content (AvgIpc) is 3.45. The third-order valence-corrected chi connectivity index (χ3v) is 5.87. The second kappa shape index (κ2) is 8.54. The van der Waals surface area contributed by atoms with E-state index in [1.54, 1.807) is 22.6 Å². The summed E-state index contributed by atoms with van der Waals surface area (Å²) in [5.41, 5.74) is 1.32. The number of fused-ring (bicyclic) bond motifs is 1. The number of hydrogen-bond donors (Lipinski definition) is 2. The van der Waals surface area contributed by atoms with Crippen LogP contribution < -0.4 is 10.6 Å². The molecule has 4 aromatic rings. The molecule has 3 heterocycles. The highest BCUT2D eigenvalue weighted by atomic mass is 32.1. The number of nitrogens with one attached hydrogen (secondary N) is 2. The van der Waals surface area contributed by atoms with E-state index in [4.69, 9.17) is 0 Å². The lowest BCUT2D eigenvalue weighted by Crippen LogP contribution is -2.24. The Kier molecular flexibility index (Phi) is 5.68. The highest BCUT2D eigenvalue weighted by molar-refractivity contribution is 7.15. The van der Waals surface area contributed by atoms with Crippen molar-refractivity contribution in [2.24, 2.45) is 0 Å². The first kappa shape index (κ1) is 19.3. The number of halogens is 1. The standard InChI is InChI=1S/C20H17FN4O2S2/c21-14-7-5-13(6-8-14)17-18(25-10-12-29-20(25)24-17)23-16(26)4-1-9-22-19(27)15-3-2-11-28-15/h2-3,5-8,10-12H,1,4,9H2,(H,22,27)(H,23,26). The van der Waals surface area contributed by atoms with Gasteiger partial charge in [-0.2, -0.15) is 0 Å². The summed E-state index contributed by atoms with van der Waals surface area (Å²) in [6, 6.07) is 9.59. The highest BCUT2D eigenvalue weighted by Gasteiger charge is 2.17. The number of thiophene rings is 1. The number of thiazole rings is 1. The van der Waals surface area contributed by atoms with Gasteiger partial charge in [-0.15, -0.1) is 22.7 Å². The van der Waals surface area contributed by atoms with E-state index in [-0.39, 0.29) is 24.1 Å². The molecule has 6 nitrogen and oxygen atoms in total. The van der Waals surface area contributed by atoms with Gasteiger partial charge in [0.1, 0.15) is 17.3 Å². The number of imidazole rings is 1. The Bertz CT molecular complexity index is 1130. The largest absolute Gasteiger partial charge is 0.351 e. The molecule has 0 radical (unpaired) electrons. The molecule has 0 aliphatic rings. The summed E-state index contributed by atoms with van der Waals surface area (Å²) in [7, 11) is 0. The van der Waals surface area contributed by atoms with Crippen molar-refractivity contribution in [3.8, 4) is 11.3 Å². The van der Waals surface area contributed by atoms with Gasteiger partial charge in [-0.1, -0.05) is 6.07 Å². The van der Waals surface area contributed by atoms with Crippen LogP contribution in [-0.2, 0) is 4.79 Å². The molecule has 1 aromatic carbocycles. The van der Waals surface area contributed by atoms with Gasteiger partial charge in [0.25, 0.3) is 5.91 Å². The molecule has 0 bridgehead atoms. The number of amides is 2. The third-order valence-electron chi connectivity index (χ3n) is 4.25. The summed E-state index contributed by atoms with van der Waals surface area (Å²) >= 11 is 2.83. The van der Waals surface area contributed by atoms with E-state index in [1.807, 2.05) is 23.0 Å². The molecule has 3 aromatic heterocycles. The number of rotatable bonds is 7. The van der Waals surface area contributed by atoms with E-state index in [0.29, 0.717) is 29.4 Å². The van der Waals surface area contributed by atoms with E-state index >= 15 is 0 Å². The third kappa shape index (κ3) is 4.36. The number of hydrogen-bond acceptors (Lipinski definition) is 5. The molecule has 29 heavy (non-hydrogen) atoms. The first-order valence-electron chi connectivity index (χ1n) is 8.95. The molecular formula is C20H17FN4O2S2. The molecule has 2 N–H and O–H groups in total. The van der Waals surface area contributed by atoms with Crippen LogP contribution in [0.15, 0.2) is 53.4 Å². The van der Waals surface area contributed by atoms with Crippen molar-refractivity contribution in [2.75, 3.05) is 11.9 Å².